The van der Waals surface area contributed by atoms with Gasteiger partial charge in [-0.2, -0.15) is 0 Å². The van der Waals surface area contributed by atoms with Gasteiger partial charge < -0.3 is 11.1 Å². The number of nitrogens with two attached hydrogens (primary N) is 1. The number of nitrogens with one attached hydrogen (secondary N) is 2. The maximum atomic E-state index is 12.3. The van der Waals surface area contributed by atoms with E-state index < -0.39 is 11.8 Å². The van der Waals surface area contributed by atoms with Crippen LogP contribution in [-0.2, 0) is 12.8 Å². The highest BCUT2D eigenvalue weighted by Crippen LogP contribution is 2.39. The largest absolute Gasteiger partial charge is 0.365 e. The number of anilines is 1. The third kappa shape index (κ3) is 4.43. The van der Waals surface area contributed by atoms with E-state index in [-0.39, 0.29) is 10.1 Å². The Bertz CT molecular complexity index is 943. The Morgan fingerprint density at radius 1 is 1.30 bits per heavy atom. The van der Waals surface area contributed by atoms with Crippen LogP contribution in [0, 0.1) is 5.92 Å². The fourth-order valence-electron chi connectivity index (χ4n) is 3.05. The highest BCUT2D eigenvalue weighted by Gasteiger charge is 2.27. The van der Waals surface area contributed by atoms with Gasteiger partial charge in [0.15, 0.2) is 5.11 Å². The van der Waals surface area contributed by atoms with E-state index in [9.17, 15) is 9.59 Å². The molecular weight excluding hydrogens is 425 g/mol. The summed E-state index contributed by atoms with van der Waals surface area (Å²) in [7, 11) is 0. The number of carbonyl (C=O) groups is 2. The van der Waals surface area contributed by atoms with E-state index in [0.29, 0.717) is 27.1 Å². The zero-order valence-corrected chi connectivity index (χ0v) is 17.5. The van der Waals surface area contributed by atoms with Crippen molar-refractivity contribution < 1.29 is 9.59 Å². The van der Waals surface area contributed by atoms with Crippen LogP contribution in [0.25, 0.3) is 0 Å². The van der Waals surface area contributed by atoms with Crippen LogP contribution in [0.2, 0.25) is 10.0 Å². The number of benzene rings is 1. The van der Waals surface area contributed by atoms with Crippen LogP contribution < -0.4 is 16.4 Å². The number of fused-ring (bicyclic) bond motifs is 1. The molecule has 2 amide bonds. The van der Waals surface area contributed by atoms with Gasteiger partial charge in [0, 0.05) is 10.4 Å². The van der Waals surface area contributed by atoms with Gasteiger partial charge in [-0.1, -0.05) is 30.1 Å². The molecule has 0 radical (unpaired) electrons. The summed E-state index contributed by atoms with van der Waals surface area (Å²) in [6, 6.07) is 4.54. The van der Waals surface area contributed by atoms with E-state index in [0.717, 1.165) is 29.7 Å². The first-order valence-electron chi connectivity index (χ1n) is 8.28. The van der Waals surface area contributed by atoms with Crippen LogP contribution in [-0.4, -0.2) is 16.9 Å². The Morgan fingerprint density at radius 2 is 2.04 bits per heavy atom. The first kappa shape index (κ1) is 20.1. The summed E-state index contributed by atoms with van der Waals surface area (Å²) in [5, 5.41) is 6.82. The predicted octanol–water partition coefficient (Wildman–Crippen LogP) is 4.41. The minimum Gasteiger partial charge on any atom is -0.365 e. The average Bonchev–Trinajstić information content (AvgIpc) is 2.93. The summed E-state index contributed by atoms with van der Waals surface area (Å²) in [6.07, 6.45) is 2.74. The molecule has 142 valence electrons. The Labute approximate surface area is 176 Å². The van der Waals surface area contributed by atoms with Crippen LogP contribution in [0.3, 0.4) is 0 Å². The summed E-state index contributed by atoms with van der Waals surface area (Å²) in [4.78, 5) is 25.4. The van der Waals surface area contributed by atoms with Crippen molar-refractivity contribution in [1.29, 1.82) is 0 Å². The van der Waals surface area contributed by atoms with Crippen molar-refractivity contribution in [2.45, 2.75) is 26.2 Å². The van der Waals surface area contributed by atoms with Gasteiger partial charge in [0.05, 0.1) is 15.6 Å². The predicted molar refractivity (Wildman–Crippen MR) is 114 cm³/mol. The van der Waals surface area contributed by atoms with Gasteiger partial charge >= 0.3 is 0 Å². The second kappa shape index (κ2) is 8.14. The van der Waals surface area contributed by atoms with Gasteiger partial charge in [-0.05, 0) is 61.2 Å². The summed E-state index contributed by atoms with van der Waals surface area (Å²) in [5.41, 5.74) is 7.37. The minimum absolute atomic E-state index is 0.0835. The molecule has 1 aliphatic carbocycles. The van der Waals surface area contributed by atoms with Crippen LogP contribution in [0.5, 0.6) is 0 Å². The molecular formula is C18H17Cl2N3O2S2. The van der Waals surface area contributed by atoms with Gasteiger partial charge in [0.2, 0.25) is 0 Å². The second-order valence-electron chi connectivity index (χ2n) is 6.46. The molecule has 0 aliphatic heterocycles. The lowest BCUT2D eigenvalue weighted by atomic mass is 9.88. The molecule has 1 atom stereocenters. The first-order valence-corrected chi connectivity index (χ1v) is 10.3. The number of primary amides is 1. The van der Waals surface area contributed by atoms with E-state index >= 15 is 0 Å². The van der Waals surface area contributed by atoms with Crippen molar-refractivity contribution in [1.82, 2.24) is 5.32 Å². The summed E-state index contributed by atoms with van der Waals surface area (Å²) >= 11 is 18.5. The Kier molecular flexibility index (Phi) is 6.05. The van der Waals surface area contributed by atoms with Gasteiger partial charge in [-0.15, -0.1) is 11.3 Å². The smallest absolute Gasteiger partial charge is 0.257 e. The second-order valence-corrected chi connectivity index (χ2v) is 8.79. The lowest BCUT2D eigenvalue weighted by molar-refractivity contribution is 0.0975. The van der Waals surface area contributed by atoms with Crippen molar-refractivity contribution >= 4 is 68.7 Å². The van der Waals surface area contributed by atoms with Crippen LogP contribution in [0.1, 0.15) is 44.5 Å². The summed E-state index contributed by atoms with van der Waals surface area (Å²) in [5.74, 6) is -0.365. The third-order valence-corrected chi connectivity index (χ3v) is 6.51. The number of rotatable bonds is 3. The fraction of sp³-hybridized carbons (Fsp3) is 0.278. The topological polar surface area (TPSA) is 84.2 Å². The van der Waals surface area contributed by atoms with E-state index in [2.05, 4.69) is 17.6 Å². The molecule has 3 rings (SSSR count). The number of thiophene rings is 1. The molecule has 0 fully saturated rings. The van der Waals surface area contributed by atoms with E-state index in [1.165, 1.54) is 23.5 Å². The molecule has 0 spiro atoms. The molecule has 1 aromatic heterocycles. The normalized spacial score (nSPS) is 15.7. The average molecular weight is 442 g/mol. The number of halogens is 2. The van der Waals surface area contributed by atoms with Crippen molar-refractivity contribution in [3.63, 3.8) is 0 Å². The standard InChI is InChI=1S/C18H17Cl2N3O2S2/c1-8-2-4-10-13(6-8)27-17(14(10)15(21)24)23-18(26)22-16(25)9-3-5-11(19)12(20)7-9/h3,5,7-8H,2,4,6H2,1H3,(H2,21,24)(H2,22,23,25,26)/t8-/m0/s1. The molecule has 4 N–H and O–H groups in total. The Morgan fingerprint density at radius 3 is 2.70 bits per heavy atom. The highest BCUT2D eigenvalue weighted by molar-refractivity contribution is 7.80. The zero-order valence-electron chi connectivity index (χ0n) is 14.4. The molecule has 2 aromatic rings. The lowest BCUT2D eigenvalue weighted by Gasteiger charge is -2.18. The summed E-state index contributed by atoms with van der Waals surface area (Å²) < 4.78 is 0. The van der Waals surface area contributed by atoms with Gasteiger partial charge in [-0.25, -0.2) is 0 Å². The molecule has 0 saturated carbocycles. The molecule has 0 saturated heterocycles. The van der Waals surface area contributed by atoms with Crippen molar-refractivity contribution in [2.75, 3.05) is 5.32 Å². The number of hydrogen-bond acceptors (Lipinski definition) is 4. The fourth-order valence-corrected chi connectivity index (χ4v) is 5.02. The molecule has 1 heterocycles. The molecule has 27 heavy (non-hydrogen) atoms. The van der Waals surface area contributed by atoms with Crippen LogP contribution >= 0.6 is 46.8 Å². The maximum Gasteiger partial charge on any atom is 0.257 e. The first-order chi connectivity index (χ1) is 12.8. The minimum atomic E-state index is -0.497. The molecule has 5 nitrogen and oxygen atoms in total. The van der Waals surface area contributed by atoms with Crippen molar-refractivity contribution in [3.05, 3.63) is 49.8 Å². The van der Waals surface area contributed by atoms with E-state index in [1.807, 2.05) is 0 Å². The molecule has 1 aliphatic rings. The molecule has 0 bridgehead atoms. The van der Waals surface area contributed by atoms with Gasteiger partial charge in [-0.3, -0.25) is 14.9 Å². The molecule has 9 heteroatoms. The highest BCUT2D eigenvalue weighted by atomic mass is 35.5. The van der Waals surface area contributed by atoms with Crippen molar-refractivity contribution in [3.8, 4) is 0 Å². The van der Waals surface area contributed by atoms with Crippen LogP contribution in [0.15, 0.2) is 18.2 Å². The SMILES string of the molecule is C[C@H]1CCc2c(sc(NC(=S)NC(=O)c3ccc(Cl)c(Cl)c3)c2C(N)=O)C1. The zero-order chi connectivity index (χ0) is 19.7. The number of amides is 2. The van der Waals surface area contributed by atoms with Gasteiger partial charge in [0.25, 0.3) is 11.8 Å². The van der Waals surface area contributed by atoms with Gasteiger partial charge in [0.1, 0.15) is 5.00 Å². The third-order valence-electron chi connectivity index (χ3n) is 4.39. The number of carbonyl (C=O) groups excluding carboxylic acids is 2. The van der Waals surface area contributed by atoms with Crippen molar-refractivity contribution in [2.24, 2.45) is 11.7 Å². The monoisotopic (exact) mass is 441 g/mol. The number of hydrogen-bond donors (Lipinski definition) is 3. The van der Waals surface area contributed by atoms with E-state index in [1.54, 1.807) is 6.07 Å². The quantitative estimate of drug-likeness (QED) is 0.615. The lowest BCUT2D eigenvalue weighted by Crippen LogP contribution is -2.34. The Balaban J connectivity index is 1.77. The Hall–Kier alpha value is -1.67. The molecule has 0 unspecified atom stereocenters. The number of thiocarbonyl (C=S) groups is 1. The van der Waals surface area contributed by atoms with E-state index in [4.69, 9.17) is 41.2 Å². The molecule has 1 aromatic carbocycles. The maximum absolute atomic E-state index is 12.3. The summed E-state index contributed by atoms with van der Waals surface area (Å²) in [6.45, 7) is 2.18. The van der Waals surface area contributed by atoms with Crippen LogP contribution in [0.4, 0.5) is 5.00 Å².